The Morgan fingerprint density at radius 1 is 1.19 bits per heavy atom. The number of H-pyrrole nitrogens is 1. The number of allylic oxidation sites excluding steroid dienone is 1. The summed E-state index contributed by atoms with van der Waals surface area (Å²) in [5, 5.41) is 9.43. The Hall–Kier alpha value is -2.86. The van der Waals surface area contributed by atoms with E-state index in [2.05, 4.69) is 29.0 Å². The van der Waals surface area contributed by atoms with E-state index < -0.39 is 0 Å². The molecule has 21 heavy (non-hydrogen) atoms. The minimum absolute atomic E-state index is 0.540. The van der Waals surface area contributed by atoms with Crippen molar-refractivity contribution in [2.75, 3.05) is 0 Å². The van der Waals surface area contributed by atoms with Crippen molar-refractivity contribution in [3.8, 4) is 6.07 Å². The van der Waals surface area contributed by atoms with Crippen molar-refractivity contribution < 1.29 is 0 Å². The van der Waals surface area contributed by atoms with Crippen LogP contribution in [0.2, 0.25) is 0 Å². The fourth-order valence-corrected chi connectivity index (χ4v) is 2.38. The number of nitriles is 1. The summed E-state index contributed by atoms with van der Waals surface area (Å²) >= 11 is 0. The first-order valence-corrected chi connectivity index (χ1v) is 6.81. The van der Waals surface area contributed by atoms with E-state index >= 15 is 0 Å². The third-order valence-corrected chi connectivity index (χ3v) is 3.49. The lowest BCUT2D eigenvalue weighted by Gasteiger charge is -2.02. The van der Waals surface area contributed by atoms with Crippen LogP contribution in [0, 0.1) is 25.2 Å². The van der Waals surface area contributed by atoms with Crippen LogP contribution in [0.1, 0.15) is 22.5 Å². The summed E-state index contributed by atoms with van der Waals surface area (Å²) in [5.41, 5.74) is 5.75. The van der Waals surface area contributed by atoms with Gasteiger partial charge in [0.25, 0.3) is 0 Å². The maximum Gasteiger partial charge on any atom is 0.149 e. The van der Waals surface area contributed by atoms with Crippen LogP contribution in [0.5, 0.6) is 0 Å². The molecule has 0 aliphatic rings. The summed E-state index contributed by atoms with van der Waals surface area (Å²) in [6, 6.07) is 16.2. The number of nitrogens with zero attached hydrogens (tertiary/aromatic N) is 2. The van der Waals surface area contributed by atoms with Gasteiger partial charge in [-0.05, 0) is 43.2 Å². The number of aryl methyl sites for hydroxylation is 2. The molecule has 0 aliphatic carbocycles. The van der Waals surface area contributed by atoms with Gasteiger partial charge in [-0.25, -0.2) is 4.98 Å². The van der Waals surface area contributed by atoms with Crippen LogP contribution in [0.25, 0.3) is 22.7 Å². The molecule has 3 aromatic rings. The van der Waals surface area contributed by atoms with Gasteiger partial charge in [0.2, 0.25) is 0 Å². The standard InChI is InChI=1S/C18H15N3/c1-12-7-8-14(13(2)9-12)10-15(11-19)18-20-16-5-3-4-6-17(16)21-18/h3-10H,1-2H3,(H,20,21)/b15-10-. The number of rotatable bonds is 2. The zero-order valence-corrected chi connectivity index (χ0v) is 12.0. The number of para-hydroxylation sites is 2. The van der Waals surface area contributed by atoms with E-state index in [1.54, 1.807) is 0 Å². The lowest BCUT2D eigenvalue weighted by atomic mass is 10.0. The van der Waals surface area contributed by atoms with E-state index in [4.69, 9.17) is 0 Å². The molecule has 1 heterocycles. The highest BCUT2D eigenvalue weighted by Crippen LogP contribution is 2.21. The minimum Gasteiger partial charge on any atom is -0.337 e. The molecule has 0 aliphatic heterocycles. The Morgan fingerprint density at radius 2 is 2.00 bits per heavy atom. The average Bonchev–Trinajstić information content (AvgIpc) is 2.90. The Morgan fingerprint density at radius 3 is 2.71 bits per heavy atom. The highest BCUT2D eigenvalue weighted by atomic mass is 14.9. The first-order chi connectivity index (χ1) is 10.2. The quantitative estimate of drug-likeness (QED) is 0.710. The Kier molecular flexibility index (Phi) is 3.29. The molecule has 1 aromatic heterocycles. The van der Waals surface area contributed by atoms with E-state index in [0.29, 0.717) is 11.4 Å². The number of hydrogen-bond donors (Lipinski definition) is 1. The predicted molar refractivity (Wildman–Crippen MR) is 85.5 cm³/mol. The van der Waals surface area contributed by atoms with Crippen LogP contribution in [-0.2, 0) is 0 Å². The number of imidazole rings is 1. The van der Waals surface area contributed by atoms with Gasteiger partial charge >= 0.3 is 0 Å². The summed E-state index contributed by atoms with van der Waals surface area (Å²) < 4.78 is 0. The molecule has 0 spiro atoms. The van der Waals surface area contributed by atoms with Crippen LogP contribution >= 0.6 is 0 Å². The molecule has 0 saturated heterocycles. The molecule has 0 atom stereocenters. The number of aromatic nitrogens is 2. The predicted octanol–water partition coefficient (Wildman–Crippen LogP) is 4.24. The maximum absolute atomic E-state index is 9.43. The van der Waals surface area contributed by atoms with Crippen molar-refractivity contribution >= 4 is 22.7 Å². The van der Waals surface area contributed by atoms with Gasteiger partial charge in [-0.15, -0.1) is 0 Å². The zero-order valence-electron chi connectivity index (χ0n) is 12.0. The summed E-state index contributed by atoms with van der Waals surface area (Å²) in [6.45, 7) is 4.11. The number of aromatic amines is 1. The van der Waals surface area contributed by atoms with E-state index in [0.717, 1.165) is 22.2 Å². The van der Waals surface area contributed by atoms with Crippen molar-refractivity contribution in [2.45, 2.75) is 13.8 Å². The Balaban J connectivity index is 2.09. The lowest BCUT2D eigenvalue weighted by molar-refractivity contribution is 1.27. The molecular formula is C18H15N3. The van der Waals surface area contributed by atoms with Crippen LogP contribution in [0.4, 0.5) is 0 Å². The van der Waals surface area contributed by atoms with E-state index in [1.807, 2.05) is 49.4 Å². The Bertz CT molecular complexity index is 846. The summed E-state index contributed by atoms with van der Waals surface area (Å²) in [5.74, 6) is 0.610. The van der Waals surface area contributed by atoms with Crippen LogP contribution in [0.15, 0.2) is 42.5 Å². The Labute approximate surface area is 123 Å². The van der Waals surface area contributed by atoms with Gasteiger partial charge in [-0.1, -0.05) is 35.9 Å². The lowest BCUT2D eigenvalue weighted by Crippen LogP contribution is -1.87. The average molecular weight is 273 g/mol. The van der Waals surface area contributed by atoms with Crippen LogP contribution in [0.3, 0.4) is 0 Å². The zero-order chi connectivity index (χ0) is 14.8. The van der Waals surface area contributed by atoms with Gasteiger partial charge in [-0.2, -0.15) is 5.26 Å². The first-order valence-electron chi connectivity index (χ1n) is 6.81. The molecule has 0 radical (unpaired) electrons. The van der Waals surface area contributed by atoms with E-state index in [1.165, 1.54) is 5.56 Å². The molecule has 2 aromatic carbocycles. The van der Waals surface area contributed by atoms with Gasteiger partial charge in [0.1, 0.15) is 11.9 Å². The second kappa shape index (κ2) is 5.26. The molecule has 3 heteroatoms. The monoisotopic (exact) mass is 273 g/mol. The minimum atomic E-state index is 0.540. The van der Waals surface area contributed by atoms with Crippen LogP contribution in [-0.4, -0.2) is 9.97 Å². The summed E-state index contributed by atoms with van der Waals surface area (Å²) in [7, 11) is 0. The molecule has 0 bridgehead atoms. The summed E-state index contributed by atoms with van der Waals surface area (Å²) in [4.78, 5) is 7.68. The molecule has 102 valence electrons. The van der Waals surface area contributed by atoms with E-state index in [9.17, 15) is 5.26 Å². The van der Waals surface area contributed by atoms with Crippen molar-refractivity contribution in [1.29, 1.82) is 5.26 Å². The van der Waals surface area contributed by atoms with Crippen LogP contribution < -0.4 is 0 Å². The van der Waals surface area contributed by atoms with E-state index in [-0.39, 0.29) is 0 Å². The number of nitrogens with one attached hydrogen (secondary N) is 1. The fraction of sp³-hybridized carbons (Fsp3) is 0.111. The number of benzene rings is 2. The highest BCUT2D eigenvalue weighted by Gasteiger charge is 2.08. The first kappa shape index (κ1) is 13.1. The second-order valence-electron chi connectivity index (χ2n) is 5.13. The normalized spacial score (nSPS) is 11.6. The molecular weight excluding hydrogens is 258 g/mol. The maximum atomic E-state index is 9.43. The molecule has 0 unspecified atom stereocenters. The SMILES string of the molecule is Cc1ccc(/C=C(/C#N)c2nc3ccccc3[nH]2)c(C)c1. The van der Waals surface area contributed by atoms with Gasteiger partial charge < -0.3 is 4.98 Å². The van der Waals surface area contributed by atoms with Crippen molar-refractivity contribution in [1.82, 2.24) is 9.97 Å². The second-order valence-corrected chi connectivity index (χ2v) is 5.13. The molecule has 3 nitrogen and oxygen atoms in total. The largest absolute Gasteiger partial charge is 0.337 e. The number of fused-ring (bicyclic) bond motifs is 1. The van der Waals surface area contributed by atoms with Gasteiger partial charge in [-0.3, -0.25) is 0 Å². The molecule has 0 amide bonds. The van der Waals surface area contributed by atoms with Crippen molar-refractivity contribution in [3.63, 3.8) is 0 Å². The highest BCUT2D eigenvalue weighted by molar-refractivity contribution is 5.90. The third kappa shape index (κ3) is 2.56. The van der Waals surface area contributed by atoms with Crippen molar-refractivity contribution in [3.05, 3.63) is 65.0 Å². The topological polar surface area (TPSA) is 52.5 Å². The van der Waals surface area contributed by atoms with Gasteiger partial charge in [0, 0.05) is 0 Å². The fourth-order valence-electron chi connectivity index (χ4n) is 2.38. The van der Waals surface area contributed by atoms with Gasteiger partial charge in [0.15, 0.2) is 0 Å². The smallest absolute Gasteiger partial charge is 0.149 e. The van der Waals surface area contributed by atoms with Gasteiger partial charge in [0.05, 0.1) is 16.6 Å². The molecule has 3 rings (SSSR count). The third-order valence-electron chi connectivity index (χ3n) is 3.49. The number of hydrogen-bond acceptors (Lipinski definition) is 2. The summed E-state index contributed by atoms with van der Waals surface area (Å²) in [6.07, 6.45) is 1.88. The molecule has 0 fully saturated rings. The molecule has 1 N–H and O–H groups in total. The molecule has 0 saturated carbocycles. The van der Waals surface area contributed by atoms with Crippen molar-refractivity contribution in [2.24, 2.45) is 0 Å².